The molecule has 0 aliphatic heterocycles. The van der Waals surface area contributed by atoms with Crippen LogP contribution in [0.3, 0.4) is 0 Å². The average Bonchev–Trinajstić information content (AvgIpc) is 2.79. The standard InChI is InChI=1S/C14H20N2S/c1-3-14(4-2,11-17)10-16-13-8-6-5-7-12(13)9-15-16/h5-9,17H,3-4,10-11H2,1-2H3. The van der Waals surface area contributed by atoms with E-state index in [4.69, 9.17) is 0 Å². The highest BCUT2D eigenvalue weighted by molar-refractivity contribution is 7.80. The highest BCUT2D eigenvalue weighted by Crippen LogP contribution is 2.31. The van der Waals surface area contributed by atoms with Crippen LogP contribution in [0.4, 0.5) is 0 Å². The van der Waals surface area contributed by atoms with Crippen LogP contribution in [-0.2, 0) is 6.54 Å². The number of fused-ring (bicyclic) bond motifs is 1. The first-order valence-electron chi connectivity index (χ1n) is 6.26. The van der Waals surface area contributed by atoms with Gasteiger partial charge in [0, 0.05) is 11.9 Å². The first-order chi connectivity index (χ1) is 8.24. The molecule has 0 fully saturated rings. The summed E-state index contributed by atoms with van der Waals surface area (Å²) in [5, 5.41) is 5.72. The maximum absolute atomic E-state index is 4.53. The van der Waals surface area contributed by atoms with E-state index in [1.165, 1.54) is 10.9 Å². The molecule has 1 heterocycles. The SMILES string of the molecule is CCC(CC)(CS)Cn1ncc2ccccc21. The van der Waals surface area contributed by atoms with Gasteiger partial charge in [-0.05, 0) is 30.1 Å². The van der Waals surface area contributed by atoms with Gasteiger partial charge in [-0.25, -0.2) is 0 Å². The van der Waals surface area contributed by atoms with Crippen LogP contribution in [0.15, 0.2) is 30.5 Å². The first-order valence-corrected chi connectivity index (χ1v) is 6.89. The molecule has 17 heavy (non-hydrogen) atoms. The fourth-order valence-corrected chi connectivity index (χ4v) is 2.76. The van der Waals surface area contributed by atoms with Crippen molar-refractivity contribution in [2.24, 2.45) is 5.41 Å². The van der Waals surface area contributed by atoms with Crippen LogP contribution < -0.4 is 0 Å². The zero-order chi connectivity index (χ0) is 12.3. The minimum absolute atomic E-state index is 0.262. The maximum Gasteiger partial charge on any atom is 0.0682 e. The number of para-hydroxylation sites is 1. The molecular formula is C14H20N2S. The average molecular weight is 248 g/mol. The molecule has 92 valence electrons. The highest BCUT2D eigenvalue weighted by atomic mass is 32.1. The van der Waals surface area contributed by atoms with Crippen molar-refractivity contribution >= 4 is 23.5 Å². The summed E-state index contributed by atoms with van der Waals surface area (Å²) in [6.07, 6.45) is 4.23. The van der Waals surface area contributed by atoms with Crippen LogP contribution in [0.1, 0.15) is 26.7 Å². The molecule has 0 saturated heterocycles. The Hall–Kier alpha value is -0.960. The largest absolute Gasteiger partial charge is 0.264 e. The third-order valence-corrected chi connectivity index (χ3v) is 4.54. The molecule has 0 spiro atoms. The van der Waals surface area contributed by atoms with Gasteiger partial charge in [0.15, 0.2) is 0 Å². The second-order valence-corrected chi connectivity index (χ2v) is 5.04. The van der Waals surface area contributed by atoms with Crippen molar-refractivity contribution in [3.63, 3.8) is 0 Å². The lowest BCUT2D eigenvalue weighted by Crippen LogP contribution is -2.28. The van der Waals surface area contributed by atoms with Crippen molar-refractivity contribution in [2.45, 2.75) is 33.2 Å². The van der Waals surface area contributed by atoms with Crippen LogP contribution in [0.2, 0.25) is 0 Å². The topological polar surface area (TPSA) is 17.8 Å². The van der Waals surface area contributed by atoms with Crippen LogP contribution in [0.25, 0.3) is 10.9 Å². The first kappa shape index (κ1) is 12.5. The maximum atomic E-state index is 4.53. The number of rotatable bonds is 5. The van der Waals surface area contributed by atoms with Gasteiger partial charge < -0.3 is 0 Å². The Kier molecular flexibility index (Phi) is 3.77. The van der Waals surface area contributed by atoms with E-state index >= 15 is 0 Å². The van der Waals surface area contributed by atoms with E-state index in [0.717, 1.165) is 25.1 Å². The molecule has 2 nitrogen and oxygen atoms in total. The second-order valence-electron chi connectivity index (χ2n) is 4.73. The van der Waals surface area contributed by atoms with E-state index in [0.29, 0.717) is 0 Å². The molecule has 0 N–H and O–H groups in total. The summed E-state index contributed by atoms with van der Waals surface area (Å²) >= 11 is 4.53. The smallest absolute Gasteiger partial charge is 0.0682 e. The molecule has 0 atom stereocenters. The molecule has 0 bridgehead atoms. The molecule has 2 aromatic rings. The quantitative estimate of drug-likeness (QED) is 0.797. The van der Waals surface area contributed by atoms with Gasteiger partial charge in [0.1, 0.15) is 0 Å². The molecule has 0 aliphatic carbocycles. The Bertz CT molecular complexity index is 477. The van der Waals surface area contributed by atoms with Gasteiger partial charge >= 0.3 is 0 Å². The summed E-state index contributed by atoms with van der Waals surface area (Å²) in [5.41, 5.74) is 1.48. The Balaban J connectivity index is 2.34. The molecular weight excluding hydrogens is 228 g/mol. The van der Waals surface area contributed by atoms with Gasteiger partial charge in [-0.15, -0.1) is 0 Å². The summed E-state index contributed by atoms with van der Waals surface area (Å²) in [6, 6.07) is 8.37. The summed E-state index contributed by atoms with van der Waals surface area (Å²) in [4.78, 5) is 0. The minimum Gasteiger partial charge on any atom is -0.264 e. The van der Waals surface area contributed by atoms with Crippen molar-refractivity contribution in [1.82, 2.24) is 9.78 Å². The molecule has 0 radical (unpaired) electrons. The number of thiol groups is 1. The fraction of sp³-hybridized carbons (Fsp3) is 0.500. The molecule has 2 rings (SSSR count). The third kappa shape index (κ3) is 2.34. The van der Waals surface area contributed by atoms with Crippen molar-refractivity contribution in [1.29, 1.82) is 0 Å². The van der Waals surface area contributed by atoms with Gasteiger partial charge in [0.05, 0.1) is 11.7 Å². The van der Waals surface area contributed by atoms with Gasteiger partial charge in [0.2, 0.25) is 0 Å². The molecule has 3 heteroatoms. The van der Waals surface area contributed by atoms with Crippen molar-refractivity contribution in [2.75, 3.05) is 5.75 Å². The van der Waals surface area contributed by atoms with Crippen LogP contribution >= 0.6 is 12.6 Å². The van der Waals surface area contributed by atoms with Crippen molar-refractivity contribution < 1.29 is 0 Å². The Morgan fingerprint density at radius 2 is 1.94 bits per heavy atom. The number of aromatic nitrogens is 2. The van der Waals surface area contributed by atoms with Crippen LogP contribution in [-0.4, -0.2) is 15.5 Å². The van der Waals surface area contributed by atoms with Crippen molar-refractivity contribution in [3.8, 4) is 0 Å². The van der Waals surface area contributed by atoms with E-state index in [-0.39, 0.29) is 5.41 Å². The molecule has 0 amide bonds. The normalized spacial score (nSPS) is 12.2. The lowest BCUT2D eigenvalue weighted by Gasteiger charge is -2.29. The van der Waals surface area contributed by atoms with E-state index in [1.807, 2.05) is 6.20 Å². The fourth-order valence-electron chi connectivity index (χ4n) is 2.22. The predicted octanol–water partition coefficient (Wildman–Crippen LogP) is 3.77. The lowest BCUT2D eigenvalue weighted by molar-refractivity contribution is 0.250. The van der Waals surface area contributed by atoms with Gasteiger partial charge in [-0.2, -0.15) is 17.7 Å². The summed E-state index contributed by atoms with van der Waals surface area (Å²) < 4.78 is 2.12. The van der Waals surface area contributed by atoms with Crippen LogP contribution in [0, 0.1) is 5.41 Å². The molecule has 1 aromatic heterocycles. The van der Waals surface area contributed by atoms with Gasteiger partial charge in [0.25, 0.3) is 0 Å². The Morgan fingerprint density at radius 1 is 1.24 bits per heavy atom. The van der Waals surface area contributed by atoms with E-state index < -0.39 is 0 Å². The van der Waals surface area contributed by atoms with Gasteiger partial charge in [-0.1, -0.05) is 32.0 Å². The Morgan fingerprint density at radius 3 is 2.59 bits per heavy atom. The predicted molar refractivity (Wildman–Crippen MR) is 76.6 cm³/mol. The zero-order valence-corrected chi connectivity index (χ0v) is 11.5. The summed E-state index contributed by atoms with van der Waals surface area (Å²) in [7, 11) is 0. The molecule has 1 aromatic carbocycles. The number of hydrogen-bond donors (Lipinski definition) is 1. The van der Waals surface area contributed by atoms with Crippen molar-refractivity contribution in [3.05, 3.63) is 30.5 Å². The van der Waals surface area contributed by atoms with E-state index in [2.05, 4.69) is 60.5 Å². The molecule has 0 aliphatic rings. The third-order valence-electron chi connectivity index (χ3n) is 3.87. The minimum atomic E-state index is 0.262. The molecule has 0 unspecified atom stereocenters. The van der Waals surface area contributed by atoms with E-state index in [1.54, 1.807) is 0 Å². The second kappa shape index (κ2) is 5.13. The van der Waals surface area contributed by atoms with Crippen LogP contribution in [0.5, 0.6) is 0 Å². The lowest BCUT2D eigenvalue weighted by atomic mass is 9.84. The Labute approximate surface area is 108 Å². The van der Waals surface area contributed by atoms with E-state index in [9.17, 15) is 0 Å². The molecule has 0 saturated carbocycles. The number of benzene rings is 1. The summed E-state index contributed by atoms with van der Waals surface area (Å²) in [5.74, 6) is 0.911. The zero-order valence-electron chi connectivity index (χ0n) is 10.6. The number of hydrogen-bond acceptors (Lipinski definition) is 2. The number of nitrogens with zero attached hydrogens (tertiary/aromatic N) is 2. The van der Waals surface area contributed by atoms with Gasteiger partial charge in [-0.3, -0.25) is 4.68 Å². The monoisotopic (exact) mass is 248 g/mol. The summed E-state index contributed by atoms with van der Waals surface area (Å²) in [6.45, 7) is 5.44. The highest BCUT2D eigenvalue weighted by Gasteiger charge is 2.25.